The summed E-state index contributed by atoms with van der Waals surface area (Å²) in [6, 6.07) is 7.19. The second-order valence-corrected chi connectivity index (χ2v) is 5.43. The Morgan fingerprint density at radius 2 is 2.30 bits per heavy atom. The van der Waals surface area contributed by atoms with Crippen LogP contribution in [0.15, 0.2) is 18.2 Å². The van der Waals surface area contributed by atoms with E-state index in [9.17, 15) is 15.2 Å². The van der Waals surface area contributed by atoms with Crippen molar-refractivity contribution in [3.8, 4) is 6.07 Å². The van der Waals surface area contributed by atoms with Crippen LogP contribution in [0.3, 0.4) is 0 Å². The van der Waals surface area contributed by atoms with Gasteiger partial charge in [-0.15, -0.1) is 0 Å². The van der Waals surface area contributed by atoms with Crippen LogP contribution in [-0.4, -0.2) is 23.7 Å². The Morgan fingerprint density at radius 1 is 1.55 bits per heavy atom. The molecule has 0 aromatic heterocycles. The number of carboxylic acids is 1. The van der Waals surface area contributed by atoms with E-state index in [1.165, 1.54) is 0 Å². The summed E-state index contributed by atoms with van der Waals surface area (Å²) >= 11 is 0. The monoisotopic (exact) mass is 272 g/mol. The molecule has 4 nitrogen and oxygen atoms in total. The highest BCUT2D eigenvalue weighted by Gasteiger charge is 2.34. The predicted octanol–water partition coefficient (Wildman–Crippen LogP) is 2.95. The SMILES string of the molecule is CCC1CCN(c2c(C)cccc2C#N)C(C(=O)O)C1. The molecule has 2 unspecified atom stereocenters. The predicted molar refractivity (Wildman–Crippen MR) is 77.7 cm³/mol. The van der Waals surface area contributed by atoms with E-state index in [4.69, 9.17) is 0 Å². The number of nitrogens with zero attached hydrogens (tertiary/aromatic N) is 2. The lowest BCUT2D eigenvalue weighted by atomic mass is 9.87. The molecule has 1 aromatic carbocycles. The van der Waals surface area contributed by atoms with Gasteiger partial charge in [-0.3, -0.25) is 0 Å². The lowest BCUT2D eigenvalue weighted by Crippen LogP contribution is -2.48. The number of rotatable bonds is 3. The minimum Gasteiger partial charge on any atom is -0.480 e. The molecule has 1 aliphatic rings. The number of hydrogen-bond acceptors (Lipinski definition) is 3. The highest BCUT2D eigenvalue weighted by Crippen LogP contribution is 2.33. The molecular formula is C16H20N2O2. The maximum atomic E-state index is 11.6. The highest BCUT2D eigenvalue weighted by molar-refractivity contribution is 5.80. The summed E-state index contributed by atoms with van der Waals surface area (Å²) in [4.78, 5) is 13.5. The van der Waals surface area contributed by atoms with Gasteiger partial charge in [-0.05, 0) is 37.3 Å². The molecule has 106 valence electrons. The van der Waals surface area contributed by atoms with E-state index in [1.54, 1.807) is 6.07 Å². The number of aryl methyl sites for hydroxylation is 1. The maximum absolute atomic E-state index is 11.6. The largest absolute Gasteiger partial charge is 0.480 e. The average molecular weight is 272 g/mol. The molecule has 1 saturated heterocycles. The van der Waals surface area contributed by atoms with Gasteiger partial charge in [0.05, 0.1) is 11.3 Å². The standard InChI is InChI=1S/C16H20N2O2/c1-3-12-7-8-18(14(9-12)16(19)20)15-11(2)5-4-6-13(15)10-17/h4-6,12,14H,3,7-9H2,1-2H3,(H,19,20). The lowest BCUT2D eigenvalue weighted by molar-refractivity contribution is -0.139. The van der Waals surface area contributed by atoms with Gasteiger partial charge in [0.15, 0.2) is 0 Å². The molecule has 4 heteroatoms. The van der Waals surface area contributed by atoms with Crippen molar-refractivity contribution in [1.29, 1.82) is 5.26 Å². The molecule has 0 aliphatic carbocycles. The molecular weight excluding hydrogens is 252 g/mol. The number of anilines is 1. The molecule has 1 N–H and O–H groups in total. The first-order valence-electron chi connectivity index (χ1n) is 7.07. The van der Waals surface area contributed by atoms with Crippen LogP contribution in [0.2, 0.25) is 0 Å². The van der Waals surface area contributed by atoms with E-state index in [0.29, 0.717) is 24.4 Å². The third-order valence-electron chi connectivity index (χ3n) is 4.22. The first-order valence-corrected chi connectivity index (χ1v) is 7.07. The Hall–Kier alpha value is -2.02. The summed E-state index contributed by atoms with van der Waals surface area (Å²) in [6.07, 6.45) is 2.65. The molecule has 1 aromatic rings. The van der Waals surface area contributed by atoms with Gasteiger partial charge in [0.25, 0.3) is 0 Å². The van der Waals surface area contributed by atoms with Crippen molar-refractivity contribution < 1.29 is 9.90 Å². The van der Waals surface area contributed by atoms with Gasteiger partial charge in [0.2, 0.25) is 0 Å². The number of carboxylic acid groups (broad SMARTS) is 1. The fourth-order valence-electron chi connectivity index (χ4n) is 3.04. The summed E-state index contributed by atoms with van der Waals surface area (Å²) in [6.45, 7) is 4.74. The number of piperidine rings is 1. The van der Waals surface area contributed by atoms with Crippen LogP contribution in [-0.2, 0) is 4.79 Å². The second-order valence-electron chi connectivity index (χ2n) is 5.43. The summed E-state index contributed by atoms with van der Waals surface area (Å²) in [7, 11) is 0. The molecule has 0 spiro atoms. The topological polar surface area (TPSA) is 64.3 Å². The van der Waals surface area contributed by atoms with Crippen LogP contribution in [0.5, 0.6) is 0 Å². The van der Waals surface area contributed by atoms with Gasteiger partial charge < -0.3 is 10.0 Å². The first-order chi connectivity index (χ1) is 9.58. The zero-order valence-electron chi connectivity index (χ0n) is 12.0. The Kier molecular flexibility index (Phi) is 4.29. The molecule has 1 aliphatic heterocycles. The minimum atomic E-state index is -0.796. The van der Waals surface area contributed by atoms with E-state index < -0.39 is 12.0 Å². The van der Waals surface area contributed by atoms with Crippen molar-refractivity contribution in [2.75, 3.05) is 11.4 Å². The van der Waals surface area contributed by atoms with Gasteiger partial charge in [0, 0.05) is 6.54 Å². The molecule has 0 amide bonds. The molecule has 0 bridgehead atoms. The van der Waals surface area contributed by atoms with Crippen LogP contribution in [0.25, 0.3) is 0 Å². The van der Waals surface area contributed by atoms with Gasteiger partial charge in [-0.25, -0.2) is 4.79 Å². The van der Waals surface area contributed by atoms with Crippen molar-refractivity contribution in [2.45, 2.75) is 39.2 Å². The van der Waals surface area contributed by atoms with Crippen LogP contribution in [0.1, 0.15) is 37.3 Å². The number of aliphatic carboxylic acids is 1. The smallest absolute Gasteiger partial charge is 0.326 e. The van der Waals surface area contributed by atoms with Crippen LogP contribution in [0, 0.1) is 24.2 Å². The quantitative estimate of drug-likeness (QED) is 0.918. The fraction of sp³-hybridized carbons (Fsp3) is 0.500. The van der Waals surface area contributed by atoms with Crippen LogP contribution >= 0.6 is 0 Å². The molecule has 0 saturated carbocycles. The van der Waals surface area contributed by atoms with E-state index in [2.05, 4.69) is 13.0 Å². The molecule has 1 heterocycles. The van der Waals surface area contributed by atoms with E-state index in [0.717, 1.165) is 24.1 Å². The summed E-state index contributed by atoms with van der Waals surface area (Å²) in [5.41, 5.74) is 2.31. The average Bonchev–Trinajstić information content (AvgIpc) is 2.46. The number of benzene rings is 1. The van der Waals surface area contributed by atoms with Gasteiger partial charge in [-0.1, -0.05) is 25.5 Å². The Balaban J connectivity index is 2.41. The van der Waals surface area contributed by atoms with E-state index >= 15 is 0 Å². The summed E-state index contributed by atoms with van der Waals surface area (Å²) in [5, 5.41) is 18.8. The number of nitriles is 1. The van der Waals surface area contributed by atoms with Gasteiger partial charge >= 0.3 is 5.97 Å². The van der Waals surface area contributed by atoms with Crippen molar-refractivity contribution in [2.24, 2.45) is 5.92 Å². The highest BCUT2D eigenvalue weighted by atomic mass is 16.4. The fourth-order valence-corrected chi connectivity index (χ4v) is 3.04. The van der Waals surface area contributed by atoms with Crippen LogP contribution < -0.4 is 4.90 Å². The van der Waals surface area contributed by atoms with Crippen molar-refractivity contribution >= 4 is 11.7 Å². The third-order valence-corrected chi connectivity index (χ3v) is 4.22. The normalized spacial score (nSPS) is 22.4. The van der Waals surface area contributed by atoms with E-state index in [1.807, 2.05) is 24.0 Å². The Morgan fingerprint density at radius 3 is 2.90 bits per heavy atom. The van der Waals surface area contributed by atoms with Gasteiger partial charge in [0.1, 0.15) is 12.1 Å². The second kappa shape index (κ2) is 5.96. The maximum Gasteiger partial charge on any atom is 0.326 e. The zero-order chi connectivity index (χ0) is 14.7. The molecule has 0 radical (unpaired) electrons. The Bertz CT molecular complexity index is 548. The molecule has 1 fully saturated rings. The van der Waals surface area contributed by atoms with Crippen molar-refractivity contribution in [1.82, 2.24) is 0 Å². The minimum absolute atomic E-state index is 0.460. The lowest BCUT2D eigenvalue weighted by Gasteiger charge is -2.39. The summed E-state index contributed by atoms with van der Waals surface area (Å²) < 4.78 is 0. The van der Waals surface area contributed by atoms with E-state index in [-0.39, 0.29) is 0 Å². The molecule has 2 atom stereocenters. The van der Waals surface area contributed by atoms with Gasteiger partial charge in [-0.2, -0.15) is 5.26 Å². The number of carbonyl (C=O) groups is 1. The first kappa shape index (κ1) is 14.4. The van der Waals surface area contributed by atoms with Crippen molar-refractivity contribution in [3.05, 3.63) is 29.3 Å². The number of hydrogen-bond donors (Lipinski definition) is 1. The third kappa shape index (κ3) is 2.62. The summed E-state index contributed by atoms with van der Waals surface area (Å²) in [5.74, 6) is -0.336. The van der Waals surface area contributed by atoms with Crippen LogP contribution in [0.4, 0.5) is 5.69 Å². The number of para-hydroxylation sites is 1. The zero-order valence-corrected chi connectivity index (χ0v) is 12.0. The molecule has 20 heavy (non-hydrogen) atoms. The van der Waals surface area contributed by atoms with Crippen molar-refractivity contribution in [3.63, 3.8) is 0 Å². The molecule has 2 rings (SSSR count). The Labute approximate surface area is 119 Å².